The molecule has 0 radical (unpaired) electrons. The van der Waals surface area contributed by atoms with Gasteiger partial charge in [0.1, 0.15) is 5.01 Å². The highest BCUT2D eigenvalue weighted by Gasteiger charge is 2.18. The number of thiocarbonyl (C=S) groups is 1. The van der Waals surface area contributed by atoms with Crippen molar-refractivity contribution < 1.29 is 19.0 Å². The first-order chi connectivity index (χ1) is 15.9. The van der Waals surface area contributed by atoms with E-state index in [1.54, 1.807) is 16.6 Å². The minimum absolute atomic E-state index is 0.149. The standard InChI is InChI=1S/C21H20N6O4S2/c1-11-24-25-21-27(11)26-19(33-21)12-5-7-14(8-6-12)22-20(32)23-18(28)13-9-15(29-2)17(31-4)16(10-13)30-3/h5-10H,1-4H3,(H2,22,23,28,32). The number of ether oxygens (including phenoxy) is 3. The van der Waals surface area contributed by atoms with Crippen molar-refractivity contribution in [3.63, 3.8) is 0 Å². The van der Waals surface area contributed by atoms with Gasteiger partial charge in [-0.15, -0.1) is 10.2 Å². The van der Waals surface area contributed by atoms with E-state index in [0.717, 1.165) is 21.4 Å². The van der Waals surface area contributed by atoms with Gasteiger partial charge in [-0.3, -0.25) is 10.1 Å². The number of carbonyl (C=O) groups excluding carboxylic acids is 1. The van der Waals surface area contributed by atoms with Gasteiger partial charge in [0.2, 0.25) is 10.7 Å². The summed E-state index contributed by atoms with van der Waals surface area (Å²) in [5, 5.41) is 19.2. The van der Waals surface area contributed by atoms with Crippen LogP contribution in [0.4, 0.5) is 5.69 Å². The maximum atomic E-state index is 12.7. The minimum Gasteiger partial charge on any atom is -0.493 e. The predicted molar refractivity (Wildman–Crippen MR) is 129 cm³/mol. The first-order valence-electron chi connectivity index (χ1n) is 9.65. The van der Waals surface area contributed by atoms with Crippen molar-refractivity contribution in [3.8, 4) is 27.8 Å². The van der Waals surface area contributed by atoms with Crippen LogP contribution in [0.25, 0.3) is 15.5 Å². The molecule has 10 nitrogen and oxygen atoms in total. The lowest BCUT2D eigenvalue weighted by molar-refractivity contribution is 0.0977. The third-order valence-electron chi connectivity index (χ3n) is 4.69. The van der Waals surface area contributed by atoms with Crippen LogP contribution in [0.3, 0.4) is 0 Å². The fraction of sp³-hybridized carbons (Fsp3) is 0.190. The topological polar surface area (TPSA) is 112 Å². The van der Waals surface area contributed by atoms with E-state index < -0.39 is 5.91 Å². The molecule has 33 heavy (non-hydrogen) atoms. The third kappa shape index (κ3) is 4.56. The van der Waals surface area contributed by atoms with Crippen molar-refractivity contribution in [1.29, 1.82) is 0 Å². The van der Waals surface area contributed by atoms with Crippen molar-refractivity contribution in [2.45, 2.75) is 6.92 Å². The molecule has 0 atom stereocenters. The Balaban J connectivity index is 1.44. The number of carbonyl (C=O) groups is 1. The number of amides is 1. The summed E-state index contributed by atoms with van der Waals surface area (Å²) in [6.07, 6.45) is 0. The van der Waals surface area contributed by atoms with Gasteiger partial charge in [-0.1, -0.05) is 11.3 Å². The Hall–Kier alpha value is -3.77. The number of nitrogens with zero attached hydrogens (tertiary/aromatic N) is 4. The molecule has 0 bridgehead atoms. The second-order valence-electron chi connectivity index (χ2n) is 6.75. The number of fused-ring (bicyclic) bond motifs is 1. The van der Waals surface area contributed by atoms with Crippen LogP contribution in [-0.2, 0) is 0 Å². The number of benzene rings is 2. The van der Waals surface area contributed by atoms with Gasteiger partial charge in [-0.25, -0.2) is 0 Å². The van der Waals surface area contributed by atoms with Crippen molar-refractivity contribution >= 4 is 45.2 Å². The van der Waals surface area contributed by atoms with Gasteiger partial charge in [-0.2, -0.15) is 9.61 Å². The molecule has 0 spiro atoms. The highest BCUT2D eigenvalue weighted by molar-refractivity contribution is 7.80. The summed E-state index contributed by atoms with van der Waals surface area (Å²) in [5.41, 5.74) is 1.96. The molecule has 0 saturated heterocycles. The Morgan fingerprint density at radius 1 is 1.03 bits per heavy atom. The SMILES string of the molecule is COc1cc(C(=O)NC(=S)Nc2ccc(-c3nn4c(C)nnc4s3)cc2)cc(OC)c1OC. The largest absolute Gasteiger partial charge is 0.493 e. The molecule has 2 N–H and O–H groups in total. The van der Waals surface area contributed by atoms with Crippen LogP contribution in [-0.4, -0.2) is 52.2 Å². The highest BCUT2D eigenvalue weighted by Crippen LogP contribution is 2.38. The molecule has 12 heteroatoms. The van der Waals surface area contributed by atoms with E-state index in [1.807, 2.05) is 31.2 Å². The lowest BCUT2D eigenvalue weighted by Gasteiger charge is -2.14. The van der Waals surface area contributed by atoms with Crippen LogP contribution in [0.5, 0.6) is 17.2 Å². The zero-order valence-electron chi connectivity index (χ0n) is 18.2. The number of aromatic nitrogens is 4. The molecule has 0 fully saturated rings. The summed E-state index contributed by atoms with van der Waals surface area (Å²) >= 11 is 6.75. The molecule has 4 rings (SSSR count). The minimum atomic E-state index is -0.418. The van der Waals surface area contributed by atoms with Crippen molar-refractivity contribution in [3.05, 3.63) is 47.8 Å². The summed E-state index contributed by atoms with van der Waals surface area (Å²) in [5.74, 6) is 1.46. The molecule has 2 aromatic carbocycles. The average molecular weight is 485 g/mol. The van der Waals surface area contributed by atoms with E-state index in [-0.39, 0.29) is 5.11 Å². The maximum Gasteiger partial charge on any atom is 0.257 e. The van der Waals surface area contributed by atoms with Crippen LogP contribution in [0.1, 0.15) is 16.2 Å². The van der Waals surface area contributed by atoms with Crippen LogP contribution in [0.15, 0.2) is 36.4 Å². The quantitative estimate of drug-likeness (QED) is 0.398. The lowest BCUT2D eigenvalue weighted by atomic mass is 10.1. The second kappa shape index (κ2) is 9.38. The van der Waals surface area contributed by atoms with Gasteiger partial charge in [0.25, 0.3) is 5.91 Å². The maximum absolute atomic E-state index is 12.7. The highest BCUT2D eigenvalue weighted by atomic mass is 32.1. The monoisotopic (exact) mass is 484 g/mol. The normalized spacial score (nSPS) is 10.7. The molecule has 0 aliphatic rings. The van der Waals surface area contributed by atoms with Crippen LogP contribution in [0, 0.1) is 6.92 Å². The summed E-state index contributed by atoms with van der Waals surface area (Å²) in [6, 6.07) is 10.6. The second-order valence-corrected chi connectivity index (χ2v) is 8.11. The zero-order valence-corrected chi connectivity index (χ0v) is 19.8. The smallest absolute Gasteiger partial charge is 0.257 e. The van der Waals surface area contributed by atoms with Crippen molar-refractivity contribution in [1.82, 2.24) is 25.1 Å². The van der Waals surface area contributed by atoms with Gasteiger partial charge >= 0.3 is 0 Å². The van der Waals surface area contributed by atoms with Crippen LogP contribution in [0.2, 0.25) is 0 Å². The summed E-state index contributed by atoms with van der Waals surface area (Å²) in [7, 11) is 4.46. The Kier molecular flexibility index (Phi) is 6.38. The van der Waals surface area contributed by atoms with Gasteiger partial charge < -0.3 is 19.5 Å². The van der Waals surface area contributed by atoms with Gasteiger partial charge in [-0.05, 0) is 55.5 Å². The molecule has 0 aliphatic carbocycles. The molecule has 0 aliphatic heterocycles. The Morgan fingerprint density at radius 2 is 1.70 bits per heavy atom. The zero-order chi connectivity index (χ0) is 23.5. The Bertz CT molecular complexity index is 1310. The first-order valence-corrected chi connectivity index (χ1v) is 10.9. The fourth-order valence-corrected chi connectivity index (χ4v) is 4.18. The molecule has 170 valence electrons. The van der Waals surface area contributed by atoms with E-state index in [2.05, 4.69) is 25.9 Å². The van der Waals surface area contributed by atoms with E-state index in [0.29, 0.717) is 28.5 Å². The molecule has 1 amide bonds. The lowest BCUT2D eigenvalue weighted by Crippen LogP contribution is -2.34. The number of rotatable bonds is 6. The number of aryl methyl sites for hydroxylation is 1. The number of hydrogen-bond acceptors (Lipinski definition) is 9. The number of anilines is 1. The molecule has 2 aromatic heterocycles. The summed E-state index contributed by atoms with van der Waals surface area (Å²) < 4.78 is 17.6. The summed E-state index contributed by atoms with van der Waals surface area (Å²) in [4.78, 5) is 13.4. The fourth-order valence-electron chi connectivity index (χ4n) is 3.08. The molecule has 0 unspecified atom stereocenters. The average Bonchev–Trinajstić information content (AvgIpc) is 3.40. The molecule has 4 aromatic rings. The van der Waals surface area contributed by atoms with Crippen LogP contribution >= 0.6 is 23.6 Å². The van der Waals surface area contributed by atoms with Gasteiger partial charge in [0.15, 0.2) is 22.4 Å². The van der Waals surface area contributed by atoms with E-state index in [4.69, 9.17) is 26.4 Å². The molecular weight excluding hydrogens is 464 g/mol. The van der Waals surface area contributed by atoms with E-state index in [1.165, 1.54) is 32.7 Å². The third-order valence-corrected chi connectivity index (χ3v) is 5.84. The molecular formula is C21H20N6O4S2. The van der Waals surface area contributed by atoms with E-state index in [9.17, 15) is 4.79 Å². The number of hydrogen-bond donors (Lipinski definition) is 2. The predicted octanol–water partition coefficient (Wildman–Crippen LogP) is 3.31. The van der Waals surface area contributed by atoms with Crippen molar-refractivity contribution in [2.75, 3.05) is 26.6 Å². The van der Waals surface area contributed by atoms with Gasteiger partial charge in [0, 0.05) is 16.8 Å². The summed E-state index contributed by atoms with van der Waals surface area (Å²) in [6.45, 7) is 1.85. The molecule has 0 saturated carbocycles. The Labute approximate surface area is 198 Å². The van der Waals surface area contributed by atoms with Crippen molar-refractivity contribution in [2.24, 2.45) is 0 Å². The van der Waals surface area contributed by atoms with E-state index >= 15 is 0 Å². The number of nitrogens with one attached hydrogen (secondary N) is 2. The number of methoxy groups -OCH3 is 3. The van der Waals surface area contributed by atoms with Gasteiger partial charge in [0.05, 0.1) is 21.3 Å². The molecule has 2 heterocycles. The Morgan fingerprint density at radius 3 is 2.27 bits per heavy atom. The first kappa shape index (κ1) is 22.4. The van der Waals surface area contributed by atoms with Crippen LogP contribution < -0.4 is 24.8 Å².